The van der Waals surface area contributed by atoms with Crippen molar-refractivity contribution in [3.63, 3.8) is 0 Å². The van der Waals surface area contributed by atoms with Crippen LogP contribution in [0.2, 0.25) is 0 Å². The van der Waals surface area contributed by atoms with E-state index in [0.717, 1.165) is 37.6 Å². The van der Waals surface area contributed by atoms with Crippen LogP contribution in [0.5, 0.6) is 5.75 Å². The summed E-state index contributed by atoms with van der Waals surface area (Å²) in [5.41, 5.74) is 7.77. The summed E-state index contributed by atoms with van der Waals surface area (Å²) in [6, 6.07) is 6.33. The number of nitrogens with one attached hydrogen (secondary N) is 2. The number of hydrazine groups is 1. The van der Waals surface area contributed by atoms with E-state index >= 15 is 0 Å². The number of aromatic carboxylic acids is 1. The normalized spacial score (nSPS) is 28.1. The van der Waals surface area contributed by atoms with E-state index in [1.54, 1.807) is 25.3 Å². The van der Waals surface area contributed by atoms with E-state index < -0.39 is 5.97 Å². The van der Waals surface area contributed by atoms with Crippen LogP contribution in [0.15, 0.2) is 18.2 Å². The molecular formula is C17H26N4O3. The van der Waals surface area contributed by atoms with Crippen molar-refractivity contribution in [1.82, 2.24) is 15.8 Å². The molecule has 0 amide bonds. The number of hydrogen-bond donors (Lipinski definition) is 3. The molecule has 0 saturated carbocycles. The molecule has 132 valence electrons. The fourth-order valence-electron chi connectivity index (χ4n) is 3.83. The highest BCUT2D eigenvalue weighted by atomic mass is 16.5. The summed E-state index contributed by atoms with van der Waals surface area (Å²) < 4.78 is 5.43. The first-order chi connectivity index (χ1) is 11.5. The van der Waals surface area contributed by atoms with Crippen molar-refractivity contribution in [3.05, 3.63) is 23.8 Å². The van der Waals surface area contributed by atoms with Gasteiger partial charge in [-0.05, 0) is 32.0 Å². The van der Waals surface area contributed by atoms with E-state index in [-0.39, 0.29) is 0 Å². The highest BCUT2D eigenvalue weighted by Crippen LogP contribution is 2.31. The summed E-state index contributed by atoms with van der Waals surface area (Å²) in [6.07, 6.45) is 0. The van der Waals surface area contributed by atoms with Gasteiger partial charge in [0.15, 0.2) is 0 Å². The molecule has 2 unspecified atom stereocenters. The van der Waals surface area contributed by atoms with Crippen molar-refractivity contribution >= 4 is 11.7 Å². The number of anilines is 1. The fourth-order valence-corrected chi connectivity index (χ4v) is 3.83. The Morgan fingerprint density at radius 2 is 1.79 bits per heavy atom. The molecule has 2 saturated heterocycles. The van der Waals surface area contributed by atoms with Crippen molar-refractivity contribution < 1.29 is 14.6 Å². The predicted molar refractivity (Wildman–Crippen MR) is 92.7 cm³/mol. The lowest BCUT2D eigenvalue weighted by Gasteiger charge is -2.41. The summed E-state index contributed by atoms with van der Waals surface area (Å²) in [7, 11) is 1.62. The number of ether oxygens (including phenoxy) is 1. The monoisotopic (exact) mass is 334 g/mol. The maximum Gasteiger partial charge on any atom is 0.335 e. The first-order valence-corrected chi connectivity index (χ1v) is 8.42. The molecule has 1 aromatic carbocycles. The summed E-state index contributed by atoms with van der Waals surface area (Å²) in [5.74, 6) is -0.192. The molecule has 0 radical (unpaired) electrons. The SMILES string of the molecule is COc1ccc(C(=O)O)cc1N1CCN(C2C(C)NNC2C)CC1. The minimum absolute atomic E-state index is 0.291. The van der Waals surface area contributed by atoms with Crippen LogP contribution in [0, 0.1) is 0 Å². The maximum absolute atomic E-state index is 11.3. The first kappa shape index (κ1) is 17.0. The van der Waals surface area contributed by atoms with Crippen molar-refractivity contribution in [2.75, 3.05) is 38.2 Å². The zero-order valence-corrected chi connectivity index (χ0v) is 14.5. The van der Waals surface area contributed by atoms with Gasteiger partial charge in [0.2, 0.25) is 0 Å². The average Bonchev–Trinajstić information content (AvgIpc) is 2.93. The van der Waals surface area contributed by atoms with E-state index in [9.17, 15) is 9.90 Å². The average molecular weight is 334 g/mol. The molecule has 2 fully saturated rings. The van der Waals surface area contributed by atoms with E-state index in [4.69, 9.17) is 4.74 Å². The van der Waals surface area contributed by atoms with Gasteiger partial charge in [-0.2, -0.15) is 0 Å². The largest absolute Gasteiger partial charge is 0.495 e. The molecular weight excluding hydrogens is 308 g/mol. The van der Waals surface area contributed by atoms with Crippen LogP contribution in [0.4, 0.5) is 5.69 Å². The Hall–Kier alpha value is -1.83. The Bertz CT molecular complexity index is 591. The summed E-state index contributed by atoms with van der Waals surface area (Å²) >= 11 is 0. The van der Waals surface area contributed by atoms with Gasteiger partial charge < -0.3 is 14.7 Å². The molecule has 2 atom stereocenters. The van der Waals surface area contributed by atoms with E-state index in [0.29, 0.717) is 23.7 Å². The highest BCUT2D eigenvalue weighted by molar-refractivity contribution is 5.89. The number of nitrogens with zero attached hydrogens (tertiary/aromatic N) is 2. The van der Waals surface area contributed by atoms with E-state index in [1.165, 1.54) is 0 Å². The molecule has 0 aliphatic carbocycles. The van der Waals surface area contributed by atoms with Gasteiger partial charge in [-0.25, -0.2) is 4.79 Å². The molecule has 7 nitrogen and oxygen atoms in total. The van der Waals surface area contributed by atoms with Gasteiger partial charge in [0, 0.05) is 44.3 Å². The third kappa shape index (κ3) is 3.19. The van der Waals surface area contributed by atoms with Crippen LogP contribution in [0.1, 0.15) is 24.2 Å². The number of methoxy groups -OCH3 is 1. The molecule has 3 rings (SSSR count). The maximum atomic E-state index is 11.3. The fraction of sp³-hybridized carbons (Fsp3) is 0.588. The number of carboxylic acids is 1. The van der Waals surface area contributed by atoms with Gasteiger partial charge >= 0.3 is 5.97 Å². The van der Waals surface area contributed by atoms with Crippen LogP contribution in [-0.4, -0.2) is 67.4 Å². The molecule has 24 heavy (non-hydrogen) atoms. The number of rotatable bonds is 4. The van der Waals surface area contributed by atoms with Gasteiger partial charge in [0.05, 0.1) is 18.4 Å². The molecule has 2 aliphatic heterocycles. The lowest BCUT2D eigenvalue weighted by atomic mass is 10.0. The Balaban J connectivity index is 1.72. The van der Waals surface area contributed by atoms with Crippen LogP contribution < -0.4 is 20.5 Å². The molecule has 0 aromatic heterocycles. The zero-order chi connectivity index (χ0) is 17.3. The minimum atomic E-state index is -0.914. The van der Waals surface area contributed by atoms with Gasteiger partial charge in [-0.15, -0.1) is 0 Å². The van der Waals surface area contributed by atoms with Gasteiger partial charge in [-0.3, -0.25) is 15.8 Å². The molecule has 1 aromatic rings. The van der Waals surface area contributed by atoms with Crippen LogP contribution in [0.3, 0.4) is 0 Å². The third-order valence-electron chi connectivity index (χ3n) is 5.07. The van der Waals surface area contributed by atoms with Crippen molar-refractivity contribution in [3.8, 4) is 5.75 Å². The zero-order valence-electron chi connectivity index (χ0n) is 14.5. The van der Waals surface area contributed by atoms with Gasteiger partial charge in [0.25, 0.3) is 0 Å². The van der Waals surface area contributed by atoms with Crippen molar-refractivity contribution in [2.24, 2.45) is 0 Å². The Morgan fingerprint density at radius 3 is 2.33 bits per heavy atom. The third-order valence-corrected chi connectivity index (χ3v) is 5.07. The Morgan fingerprint density at radius 1 is 1.17 bits per heavy atom. The van der Waals surface area contributed by atoms with Crippen LogP contribution in [-0.2, 0) is 0 Å². The summed E-state index contributed by atoms with van der Waals surface area (Å²) in [6.45, 7) is 8.01. The number of hydrogen-bond acceptors (Lipinski definition) is 6. The second-order valence-electron chi connectivity index (χ2n) is 6.57. The van der Waals surface area contributed by atoms with Crippen LogP contribution >= 0.6 is 0 Å². The quantitative estimate of drug-likeness (QED) is 0.751. The second kappa shape index (κ2) is 6.96. The summed E-state index contributed by atoms with van der Waals surface area (Å²) in [5, 5.41) is 9.23. The molecule has 0 spiro atoms. The standard InChI is InChI=1S/C17H26N4O3/c1-11-16(12(2)19-18-11)21-8-6-20(7-9-21)14-10-13(17(22)23)4-5-15(14)24-3/h4-5,10-12,16,18-19H,6-9H2,1-3H3,(H,22,23). The smallest absolute Gasteiger partial charge is 0.335 e. The highest BCUT2D eigenvalue weighted by Gasteiger charge is 2.36. The molecule has 3 N–H and O–H groups in total. The lowest BCUT2D eigenvalue weighted by molar-refractivity contribution is 0.0697. The molecule has 2 aliphatic rings. The van der Waals surface area contributed by atoms with Crippen molar-refractivity contribution in [2.45, 2.75) is 32.0 Å². The van der Waals surface area contributed by atoms with Crippen molar-refractivity contribution in [1.29, 1.82) is 0 Å². The topological polar surface area (TPSA) is 77.1 Å². The van der Waals surface area contributed by atoms with Gasteiger partial charge in [0.1, 0.15) is 5.75 Å². The van der Waals surface area contributed by atoms with E-state index in [1.807, 2.05) is 0 Å². The summed E-state index contributed by atoms with van der Waals surface area (Å²) in [4.78, 5) is 16.0. The number of benzene rings is 1. The second-order valence-corrected chi connectivity index (χ2v) is 6.57. The number of piperazine rings is 1. The lowest BCUT2D eigenvalue weighted by Crippen LogP contribution is -2.55. The Kier molecular flexibility index (Phi) is 4.93. The van der Waals surface area contributed by atoms with E-state index in [2.05, 4.69) is 34.5 Å². The Labute approximate surface area is 142 Å². The number of carboxylic acid groups (broad SMARTS) is 1. The van der Waals surface area contributed by atoms with Gasteiger partial charge in [-0.1, -0.05) is 0 Å². The predicted octanol–water partition coefficient (Wildman–Crippen LogP) is 0.769. The minimum Gasteiger partial charge on any atom is -0.495 e. The number of carbonyl (C=O) groups is 1. The van der Waals surface area contributed by atoms with Crippen LogP contribution in [0.25, 0.3) is 0 Å². The first-order valence-electron chi connectivity index (χ1n) is 8.42. The molecule has 2 heterocycles. The molecule has 7 heteroatoms. The molecule has 0 bridgehead atoms.